The third-order valence-corrected chi connectivity index (χ3v) is 6.07. The zero-order chi connectivity index (χ0) is 23.4. The highest BCUT2D eigenvalue weighted by molar-refractivity contribution is 5.69. The van der Waals surface area contributed by atoms with E-state index in [0.717, 1.165) is 19.4 Å². The van der Waals surface area contributed by atoms with E-state index >= 15 is 0 Å². The van der Waals surface area contributed by atoms with Crippen molar-refractivity contribution < 1.29 is 29.7 Å². The zero-order valence-electron chi connectivity index (χ0n) is 19.3. The fourth-order valence-corrected chi connectivity index (χ4v) is 3.49. The highest BCUT2D eigenvalue weighted by atomic mass is 16.4. The van der Waals surface area contributed by atoms with Crippen molar-refractivity contribution in [2.24, 2.45) is 5.41 Å². The van der Waals surface area contributed by atoms with E-state index in [2.05, 4.69) is 25.7 Å². The van der Waals surface area contributed by atoms with Gasteiger partial charge in [-0.25, -0.2) is 0 Å². The summed E-state index contributed by atoms with van der Waals surface area (Å²) in [4.78, 5) is 41.6. The third-order valence-electron chi connectivity index (χ3n) is 6.07. The first-order valence-electron chi connectivity index (χ1n) is 11.1. The molecule has 1 heterocycles. The van der Waals surface area contributed by atoms with Crippen molar-refractivity contribution in [2.45, 2.75) is 33.6 Å². The van der Waals surface area contributed by atoms with Crippen LogP contribution in [-0.4, -0.2) is 131 Å². The van der Waals surface area contributed by atoms with E-state index in [1.807, 2.05) is 9.80 Å². The second-order valence-electron chi connectivity index (χ2n) is 9.12. The second-order valence-corrected chi connectivity index (χ2v) is 9.12. The molecule has 0 atom stereocenters. The Hall–Kier alpha value is -1.75. The minimum Gasteiger partial charge on any atom is -0.480 e. The normalized spacial score (nSPS) is 19.5. The number of carboxylic acid groups (broad SMARTS) is 3. The first kappa shape index (κ1) is 27.3. The van der Waals surface area contributed by atoms with E-state index in [-0.39, 0.29) is 25.0 Å². The summed E-state index contributed by atoms with van der Waals surface area (Å²) in [5.41, 5.74) is 0.211. The van der Waals surface area contributed by atoms with E-state index in [1.165, 1.54) is 0 Å². The molecule has 0 unspecified atom stereocenters. The van der Waals surface area contributed by atoms with Gasteiger partial charge in [-0.3, -0.25) is 29.1 Å². The lowest BCUT2D eigenvalue weighted by molar-refractivity contribution is -0.140. The van der Waals surface area contributed by atoms with Gasteiger partial charge in [0, 0.05) is 52.4 Å². The van der Waals surface area contributed by atoms with Crippen LogP contribution in [0.2, 0.25) is 0 Å². The molecule has 0 bridgehead atoms. The van der Waals surface area contributed by atoms with Crippen LogP contribution in [0.1, 0.15) is 33.6 Å². The van der Waals surface area contributed by atoms with Gasteiger partial charge in [0.2, 0.25) is 0 Å². The fourth-order valence-electron chi connectivity index (χ4n) is 3.49. The molecule has 1 fully saturated rings. The van der Waals surface area contributed by atoms with Crippen LogP contribution in [0, 0.1) is 5.41 Å². The van der Waals surface area contributed by atoms with Crippen molar-refractivity contribution in [2.75, 3.05) is 78.5 Å². The monoisotopic (exact) mass is 444 g/mol. The molecule has 0 aromatic rings. The van der Waals surface area contributed by atoms with Gasteiger partial charge in [0.1, 0.15) is 0 Å². The average Bonchev–Trinajstić information content (AvgIpc) is 2.66. The summed E-state index contributed by atoms with van der Waals surface area (Å²) >= 11 is 0. The lowest BCUT2D eigenvalue weighted by Gasteiger charge is -2.34. The third kappa shape index (κ3) is 12.6. The highest BCUT2D eigenvalue weighted by Gasteiger charge is 2.21. The standard InChI is InChI=1S/C21H40N4O6/c1-4-21(2,3)5-6-22-7-9-23(15-18(26)27)11-13-25(17-20(30)31)14-12-24(10-8-22)16-19(28)29/h4-17H2,1-3H3,(H,26,27)(H,28,29)(H,30,31). The maximum absolute atomic E-state index is 11.3. The van der Waals surface area contributed by atoms with Crippen molar-refractivity contribution in [3.63, 3.8) is 0 Å². The summed E-state index contributed by atoms with van der Waals surface area (Å²) < 4.78 is 0. The maximum Gasteiger partial charge on any atom is 0.317 e. The molecule has 0 aromatic carbocycles. The smallest absolute Gasteiger partial charge is 0.317 e. The van der Waals surface area contributed by atoms with E-state index in [0.29, 0.717) is 52.4 Å². The Bertz CT molecular complexity index is 554. The van der Waals surface area contributed by atoms with Crippen LogP contribution in [0.3, 0.4) is 0 Å². The molecule has 1 saturated heterocycles. The lowest BCUT2D eigenvalue weighted by atomic mass is 9.86. The van der Waals surface area contributed by atoms with E-state index in [4.69, 9.17) is 0 Å². The SMILES string of the molecule is CCC(C)(C)CCN1CCN(CC(=O)O)CCN(CC(=O)O)CCN(CC(=O)O)CC1. The molecular formula is C21H40N4O6. The number of rotatable bonds is 10. The molecule has 0 radical (unpaired) electrons. The molecule has 0 aromatic heterocycles. The number of carboxylic acids is 3. The highest BCUT2D eigenvalue weighted by Crippen LogP contribution is 2.24. The largest absolute Gasteiger partial charge is 0.480 e. The van der Waals surface area contributed by atoms with Crippen molar-refractivity contribution in [3.05, 3.63) is 0 Å². The van der Waals surface area contributed by atoms with Gasteiger partial charge in [0.05, 0.1) is 19.6 Å². The van der Waals surface area contributed by atoms with Gasteiger partial charge in [0.25, 0.3) is 0 Å². The maximum atomic E-state index is 11.3. The number of nitrogens with zero attached hydrogens (tertiary/aromatic N) is 4. The summed E-state index contributed by atoms with van der Waals surface area (Å²) in [6.45, 7) is 11.4. The van der Waals surface area contributed by atoms with Crippen LogP contribution in [0.5, 0.6) is 0 Å². The van der Waals surface area contributed by atoms with Crippen LogP contribution < -0.4 is 0 Å². The molecule has 0 aliphatic carbocycles. The molecule has 180 valence electrons. The molecule has 3 N–H and O–H groups in total. The molecule has 10 nitrogen and oxygen atoms in total. The van der Waals surface area contributed by atoms with Gasteiger partial charge in [0.15, 0.2) is 0 Å². The van der Waals surface area contributed by atoms with Gasteiger partial charge >= 0.3 is 17.9 Å². The predicted molar refractivity (Wildman–Crippen MR) is 117 cm³/mol. The van der Waals surface area contributed by atoms with Gasteiger partial charge < -0.3 is 20.2 Å². The Kier molecular flexibility index (Phi) is 12.0. The zero-order valence-corrected chi connectivity index (χ0v) is 19.3. The molecule has 1 rings (SSSR count). The Balaban J connectivity index is 2.92. The predicted octanol–water partition coefficient (Wildman–Crippen LogP) is 0.288. The summed E-state index contributed by atoms with van der Waals surface area (Å²) in [7, 11) is 0. The van der Waals surface area contributed by atoms with Crippen molar-refractivity contribution in [1.82, 2.24) is 19.6 Å². The Labute approximate surface area is 185 Å². The number of hydrogen-bond acceptors (Lipinski definition) is 7. The van der Waals surface area contributed by atoms with Gasteiger partial charge in [-0.15, -0.1) is 0 Å². The summed E-state index contributed by atoms with van der Waals surface area (Å²) in [6.07, 6.45) is 2.07. The summed E-state index contributed by atoms with van der Waals surface area (Å²) in [5.74, 6) is -2.75. The van der Waals surface area contributed by atoms with E-state index in [9.17, 15) is 29.7 Å². The average molecular weight is 445 g/mol. The minimum atomic E-state index is -0.952. The Morgan fingerprint density at radius 2 is 0.935 bits per heavy atom. The fraction of sp³-hybridized carbons (Fsp3) is 0.857. The van der Waals surface area contributed by atoms with Crippen LogP contribution in [0.25, 0.3) is 0 Å². The van der Waals surface area contributed by atoms with Crippen LogP contribution in [0.15, 0.2) is 0 Å². The molecule has 0 spiro atoms. The van der Waals surface area contributed by atoms with E-state index < -0.39 is 17.9 Å². The van der Waals surface area contributed by atoms with E-state index in [1.54, 1.807) is 4.90 Å². The quantitative estimate of drug-likeness (QED) is 0.433. The van der Waals surface area contributed by atoms with Crippen molar-refractivity contribution >= 4 is 17.9 Å². The molecule has 0 amide bonds. The molecule has 31 heavy (non-hydrogen) atoms. The molecule has 1 aliphatic heterocycles. The molecule has 1 aliphatic rings. The number of hydrogen-bond donors (Lipinski definition) is 3. The van der Waals surface area contributed by atoms with Gasteiger partial charge in [-0.2, -0.15) is 0 Å². The topological polar surface area (TPSA) is 125 Å². The lowest BCUT2D eigenvalue weighted by Crippen LogP contribution is -2.48. The molecular weight excluding hydrogens is 404 g/mol. The van der Waals surface area contributed by atoms with Crippen LogP contribution in [0.4, 0.5) is 0 Å². The minimum absolute atomic E-state index is 0.0830. The van der Waals surface area contributed by atoms with Gasteiger partial charge in [-0.05, 0) is 18.4 Å². The number of carbonyl (C=O) groups is 3. The van der Waals surface area contributed by atoms with Crippen LogP contribution in [-0.2, 0) is 14.4 Å². The Morgan fingerprint density at radius 1 is 0.645 bits per heavy atom. The Morgan fingerprint density at radius 3 is 1.19 bits per heavy atom. The second kappa shape index (κ2) is 13.6. The molecule has 0 saturated carbocycles. The number of aliphatic carboxylic acids is 3. The van der Waals surface area contributed by atoms with Crippen molar-refractivity contribution in [3.8, 4) is 0 Å². The first-order valence-corrected chi connectivity index (χ1v) is 11.1. The summed E-state index contributed by atoms with van der Waals surface area (Å²) in [6, 6.07) is 0. The van der Waals surface area contributed by atoms with Crippen LogP contribution >= 0.6 is 0 Å². The first-order chi connectivity index (χ1) is 14.5. The summed E-state index contributed by atoms with van der Waals surface area (Å²) in [5, 5.41) is 27.7. The van der Waals surface area contributed by atoms with Crippen molar-refractivity contribution in [1.29, 1.82) is 0 Å². The van der Waals surface area contributed by atoms with Gasteiger partial charge in [-0.1, -0.05) is 27.2 Å². The molecule has 10 heteroatoms.